The zero-order valence-electron chi connectivity index (χ0n) is 11.6. The Morgan fingerprint density at radius 1 is 1.11 bits per heavy atom. The summed E-state index contributed by atoms with van der Waals surface area (Å²) >= 11 is 0. The van der Waals surface area contributed by atoms with Crippen LogP contribution in [0.15, 0.2) is 48.5 Å². The molecule has 0 amide bonds. The van der Waals surface area contributed by atoms with Crippen molar-refractivity contribution in [3.63, 3.8) is 0 Å². The lowest BCUT2D eigenvalue weighted by Crippen LogP contribution is -2.32. The highest BCUT2D eigenvalue weighted by Gasteiger charge is 2.25. The van der Waals surface area contributed by atoms with Crippen LogP contribution in [0, 0.1) is 0 Å². The summed E-state index contributed by atoms with van der Waals surface area (Å²) in [6.07, 6.45) is 1.15. The molecule has 1 aliphatic rings. The Bertz CT molecular complexity index is 577. The Hall–Kier alpha value is -1.80. The van der Waals surface area contributed by atoms with Gasteiger partial charge in [0.05, 0.1) is 6.04 Å². The standard InChI is InChI=1S/C17H20N2/c1-18-15-8-5-7-14(12-15)17-16-9-4-3-6-13(16)10-11-19(17)2/h3-9,12,17-18H,10-11H2,1-2H3. The van der Waals surface area contributed by atoms with Gasteiger partial charge in [0.15, 0.2) is 0 Å². The van der Waals surface area contributed by atoms with Crippen LogP contribution in [-0.4, -0.2) is 25.5 Å². The van der Waals surface area contributed by atoms with Gasteiger partial charge < -0.3 is 5.32 Å². The van der Waals surface area contributed by atoms with Crippen molar-refractivity contribution in [3.05, 3.63) is 65.2 Å². The molecule has 0 aliphatic carbocycles. The molecule has 2 heteroatoms. The molecule has 0 radical (unpaired) electrons. The summed E-state index contributed by atoms with van der Waals surface area (Å²) in [4.78, 5) is 2.44. The van der Waals surface area contributed by atoms with E-state index in [4.69, 9.17) is 0 Å². The third kappa shape index (κ3) is 2.24. The summed E-state index contributed by atoms with van der Waals surface area (Å²) in [6.45, 7) is 1.12. The predicted octanol–water partition coefficient (Wildman–Crippen LogP) is 3.31. The second kappa shape index (κ2) is 5.06. The maximum Gasteiger partial charge on any atom is 0.0602 e. The van der Waals surface area contributed by atoms with Gasteiger partial charge in [-0.2, -0.15) is 0 Å². The minimum atomic E-state index is 0.373. The molecule has 0 saturated carbocycles. The van der Waals surface area contributed by atoms with Crippen LogP contribution in [0.5, 0.6) is 0 Å². The summed E-state index contributed by atoms with van der Waals surface area (Å²) in [6, 6.07) is 17.9. The van der Waals surface area contributed by atoms with E-state index >= 15 is 0 Å². The van der Waals surface area contributed by atoms with Gasteiger partial charge in [0.25, 0.3) is 0 Å². The van der Waals surface area contributed by atoms with E-state index in [0.29, 0.717) is 6.04 Å². The van der Waals surface area contributed by atoms with Crippen molar-refractivity contribution < 1.29 is 0 Å². The molecule has 1 N–H and O–H groups in total. The number of nitrogens with zero attached hydrogens (tertiary/aromatic N) is 1. The Balaban J connectivity index is 2.07. The van der Waals surface area contributed by atoms with Crippen LogP contribution >= 0.6 is 0 Å². The average molecular weight is 252 g/mol. The maximum absolute atomic E-state index is 3.23. The Labute approximate surface area is 115 Å². The summed E-state index contributed by atoms with van der Waals surface area (Å²) in [5.74, 6) is 0. The molecule has 0 fully saturated rings. The molecule has 2 nitrogen and oxygen atoms in total. The SMILES string of the molecule is CNc1cccc(C2c3ccccc3CCN2C)c1. The zero-order chi connectivity index (χ0) is 13.2. The molecular weight excluding hydrogens is 232 g/mol. The van der Waals surface area contributed by atoms with Gasteiger partial charge in [-0.05, 0) is 42.3 Å². The fourth-order valence-electron chi connectivity index (χ4n) is 2.99. The van der Waals surface area contributed by atoms with E-state index in [9.17, 15) is 0 Å². The first-order chi connectivity index (χ1) is 9.29. The molecule has 1 aliphatic heterocycles. The van der Waals surface area contributed by atoms with Crippen molar-refractivity contribution in [3.8, 4) is 0 Å². The van der Waals surface area contributed by atoms with E-state index in [0.717, 1.165) is 13.0 Å². The minimum absolute atomic E-state index is 0.373. The lowest BCUT2D eigenvalue weighted by Gasteiger charge is -2.35. The van der Waals surface area contributed by atoms with Crippen molar-refractivity contribution in [2.24, 2.45) is 0 Å². The molecular formula is C17H20N2. The number of hydrogen-bond donors (Lipinski definition) is 1. The van der Waals surface area contributed by atoms with Crippen molar-refractivity contribution in [1.82, 2.24) is 4.90 Å². The molecule has 1 heterocycles. The summed E-state index contributed by atoms with van der Waals surface area (Å²) < 4.78 is 0. The van der Waals surface area contributed by atoms with Crippen molar-refractivity contribution >= 4 is 5.69 Å². The highest BCUT2D eigenvalue weighted by atomic mass is 15.1. The zero-order valence-corrected chi connectivity index (χ0v) is 11.6. The number of anilines is 1. The highest BCUT2D eigenvalue weighted by Crippen LogP contribution is 2.34. The number of fused-ring (bicyclic) bond motifs is 1. The Morgan fingerprint density at radius 3 is 2.79 bits per heavy atom. The molecule has 2 aromatic carbocycles. The third-order valence-corrected chi connectivity index (χ3v) is 4.02. The first kappa shape index (κ1) is 12.2. The van der Waals surface area contributed by atoms with E-state index in [1.54, 1.807) is 0 Å². The fourth-order valence-corrected chi connectivity index (χ4v) is 2.99. The number of likely N-dealkylation sites (N-methyl/N-ethyl adjacent to an activating group) is 1. The van der Waals surface area contributed by atoms with Gasteiger partial charge in [-0.1, -0.05) is 36.4 Å². The maximum atomic E-state index is 3.23. The second-order valence-electron chi connectivity index (χ2n) is 5.21. The Morgan fingerprint density at radius 2 is 1.95 bits per heavy atom. The third-order valence-electron chi connectivity index (χ3n) is 4.02. The van der Waals surface area contributed by atoms with Gasteiger partial charge >= 0.3 is 0 Å². The number of nitrogens with one attached hydrogen (secondary N) is 1. The first-order valence-electron chi connectivity index (χ1n) is 6.85. The molecule has 19 heavy (non-hydrogen) atoms. The first-order valence-corrected chi connectivity index (χ1v) is 6.85. The number of rotatable bonds is 2. The minimum Gasteiger partial charge on any atom is -0.388 e. The number of hydrogen-bond acceptors (Lipinski definition) is 2. The van der Waals surface area contributed by atoms with Crippen LogP contribution in [0.1, 0.15) is 22.7 Å². The van der Waals surface area contributed by atoms with Crippen molar-refractivity contribution in [1.29, 1.82) is 0 Å². The van der Waals surface area contributed by atoms with Crippen molar-refractivity contribution in [2.75, 3.05) is 26.0 Å². The summed E-state index contributed by atoms with van der Waals surface area (Å²) in [5, 5.41) is 3.23. The molecule has 0 aromatic heterocycles. The van der Waals surface area contributed by atoms with Crippen molar-refractivity contribution in [2.45, 2.75) is 12.5 Å². The van der Waals surface area contributed by atoms with Crippen LogP contribution in [-0.2, 0) is 6.42 Å². The molecule has 1 atom stereocenters. The predicted molar refractivity (Wildman–Crippen MR) is 80.6 cm³/mol. The second-order valence-corrected chi connectivity index (χ2v) is 5.21. The van der Waals surface area contributed by atoms with E-state index in [2.05, 4.69) is 65.8 Å². The monoisotopic (exact) mass is 252 g/mol. The quantitative estimate of drug-likeness (QED) is 0.882. The molecule has 2 aromatic rings. The van der Waals surface area contributed by atoms with Gasteiger partial charge in [0, 0.05) is 19.3 Å². The smallest absolute Gasteiger partial charge is 0.0602 e. The molecule has 1 unspecified atom stereocenters. The Kier molecular flexibility index (Phi) is 3.26. The average Bonchev–Trinajstić information content (AvgIpc) is 2.47. The normalized spacial score (nSPS) is 18.9. The molecule has 0 bridgehead atoms. The fraction of sp³-hybridized carbons (Fsp3) is 0.294. The van der Waals surface area contributed by atoms with Gasteiger partial charge in [0.1, 0.15) is 0 Å². The van der Waals surface area contributed by atoms with E-state index in [-0.39, 0.29) is 0 Å². The van der Waals surface area contributed by atoms with Crippen LogP contribution in [0.2, 0.25) is 0 Å². The molecule has 98 valence electrons. The van der Waals surface area contributed by atoms with Crippen LogP contribution in [0.4, 0.5) is 5.69 Å². The molecule has 3 rings (SSSR count). The topological polar surface area (TPSA) is 15.3 Å². The van der Waals surface area contributed by atoms with E-state index in [1.807, 2.05) is 7.05 Å². The molecule has 0 spiro atoms. The van der Waals surface area contributed by atoms with Gasteiger partial charge in [-0.3, -0.25) is 4.90 Å². The molecule has 0 saturated heterocycles. The lowest BCUT2D eigenvalue weighted by molar-refractivity contribution is 0.265. The van der Waals surface area contributed by atoms with E-state index < -0.39 is 0 Å². The summed E-state index contributed by atoms with van der Waals surface area (Å²) in [5.41, 5.74) is 5.47. The largest absolute Gasteiger partial charge is 0.388 e. The van der Waals surface area contributed by atoms with Crippen LogP contribution in [0.25, 0.3) is 0 Å². The number of benzene rings is 2. The van der Waals surface area contributed by atoms with Gasteiger partial charge in [0.2, 0.25) is 0 Å². The van der Waals surface area contributed by atoms with E-state index in [1.165, 1.54) is 22.4 Å². The highest BCUT2D eigenvalue weighted by molar-refractivity contribution is 5.49. The van der Waals surface area contributed by atoms with Gasteiger partial charge in [-0.15, -0.1) is 0 Å². The van der Waals surface area contributed by atoms with Gasteiger partial charge in [-0.25, -0.2) is 0 Å². The van der Waals surface area contributed by atoms with Crippen LogP contribution in [0.3, 0.4) is 0 Å². The lowest BCUT2D eigenvalue weighted by atomic mass is 9.88. The van der Waals surface area contributed by atoms with Crippen LogP contribution < -0.4 is 5.32 Å². The summed E-state index contributed by atoms with van der Waals surface area (Å²) in [7, 11) is 4.18.